The highest BCUT2D eigenvalue weighted by atomic mass is 16.6. The van der Waals surface area contributed by atoms with Gasteiger partial charge in [0.05, 0.1) is 16.7 Å². The number of hydrogen-bond acceptors (Lipinski definition) is 5. The van der Waals surface area contributed by atoms with Crippen LogP contribution in [0, 0.1) is 10.1 Å². The Kier molecular flexibility index (Phi) is 5.68. The normalized spacial score (nSPS) is 11.3. The Morgan fingerprint density at radius 1 is 1.00 bits per heavy atom. The van der Waals surface area contributed by atoms with Crippen LogP contribution < -0.4 is 5.43 Å². The number of amides is 1. The van der Waals surface area contributed by atoms with E-state index in [4.69, 9.17) is 0 Å². The molecule has 5 rings (SSSR count). The van der Waals surface area contributed by atoms with Crippen LogP contribution in [-0.2, 0) is 6.54 Å². The van der Waals surface area contributed by atoms with Gasteiger partial charge in [-0.05, 0) is 34.5 Å². The minimum absolute atomic E-state index is 0.0483. The first kappa shape index (κ1) is 21.8. The number of carbonyl (C=O) groups excluding carboxylic acids is 1. The number of rotatable bonds is 6. The zero-order chi connectivity index (χ0) is 24.4. The zero-order valence-corrected chi connectivity index (χ0v) is 18.5. The van der Waals surface area contributed by atoms with Gasteiger partial charge in [-0.25, -0.2) is 5.43 Å². The molecule has 0 bridgehead atoms. The van der Waals surface area contributed by atoms with E-state index in [0.29, 0.717) is 6.54 Å². The maximum absolute atomic E-state index is 12.6. The fourth-order valence-electron chi connectivity index (χ4n) is 4.06. The third kappa shape index (κ3) is 4.45. The van der Waals surface area contributed by atoms with Crippen LogP contribution in [0.15, 0.2) is 96.2 Å². The average molecular weight is 464 g/mol. The minimum Gasteiger partial charge on any atom is -0.507 e. The van der Waals surface area contributed by atoms with Crippen LogP contribution in [0.25, 0.3) is 21.7 Å². The Labute approximate surface area is 199 Å². The van der Waals surface area contributed by atoms with Gasteiger partial charge in [0, 0.05) is 41.3 Å². The number of nitrogens with zero attached hydrogens (tertiary/aromatic N) is 3. The summed E-state index contributed by atoms with van der Waals surface area (Å²) in [5.41, 5.74) is 5.36. The van der Waals surface area contributed by atoms with Crippen LogP contribution >= 0.6 is 0 Å². The highest BCUT2D eigenvalue weighted by Crippen LogP contribution is 2.25. The molecule has 0 fully saturated rings. The first-order valence-corrected chi connectivity index (χ1v) is 10.9. The summed E-state index contributed by atoms with van der Waals surface area (Å²) in [6.07, 6.45) is 3.47. The predicted molar refractivity (Wildman–Crippen MR) is 135 cm³/mol. The number of carbonyl (C=O) groups is 1. The second kappa shape index (κ2) is 9.11. The summed E-state index contributed by atoms with van der Waals surface area (Å²) in [4.78, 5) is 23.1. The topological polar surface area (TPSA) is 110 Å². The quantitative estimate of drug-likeness (QED) is 0.204. The van der Waals surface area contributed by atoms with E-state index in [1.165, 1.54) is 12.1 Å². The Morgan fingerprint density at radius 3 is 2.43 bits per heavy atom. The molecule has 1 amide bonds. The molecule has 2 N–H and O–H groups in total. The molecule has 0 spiro atoms. The molecule has 172 valence electrons. The first-order chi connectivity index (χ1) is 17.0. The fraction of sp³-hybridized carbons (Fsp3) is 0.0370. The highest BCUT2D eigenvalue weighted by molar-refractivity contribution is 6.03. The van der Waals surface area contributed by atoms with Crippen LogP contribution in [0.1, 0.15) is 21.5 Å². The number of para-hydroxylation sites is 1. The standard InChI is InChI=1S/C27H20N4O4/c32-26-14-20-6-2-1-5-19(20)13-24(26)27(33)29-28-15-21-17-30(25-8-4-3-7-23(21)25)16-18-9-11-22(12-10-18)31(34)35/h1-15,17,32H,16H2,(H,29,33). The summed E-state index contributed by atoms with van der Waals surface area (Å²) in [6, 6.07) is 24.9. The summed E-state index contributed by atoms with van der Waals surface area (Å²) >= 11 is 0. The summed E-state index contributed by atoms with van der Waals surface area (Å²) in [6.45, 7) is 0.518. The highest BCUT2D eigenvalue weighted by Gasteiger charge is 2.13. The van der Waals surface area contributed by atoms with E-state index < -0.39 is 10.8 Å². The second-order valence-electron chi connectivity index (χ2n) is 8.07. The smallest absolute Gasteiger partial charge is 0.275 e. The number of nitro benzene ring substituents is 1. The molecule has 4 aromatic carbocycles. The van der Waals surface area contributed by atoms with Gasteiger partial charge < -0.3 is 9.67 Å². The molecule has 0 radical (unpaired) electrons. The number of hydrogen-bond donors (Lipinski definition) is 2. The Morgan fingerprint density at radius 2 is 1.69 bits per heavy atom. The molecule has 0 saturated heterocycles. The van der Waals surface area contributed by atoms with Crippen molar-refractivity contribution in [1.29, 1.82) is 0 Å². The summed E-state index contributed by atoms with van der Waals surface area (Å²) in [5.74, 6) is -0.629. The van der Waals surface area contributed by atoms with Crippen molar-refractivity contribution in [3.05, 3.63) is 118 Å². The number of aromatic hydroxyl groups is 1. The number of phenols is 1. The van der Waals surface area contributed by atoms with Gasteiger partial charge in [0.2, 0.25) is 0 Å². The minimum atomic E-state index is -0.515. The lowest BCUT2D eigenvalue weighted by atomic mass is 10.1. The van der Waals surface area contributed by atoms with E-state index in [0.717, 1.165) is 32.8 Å². The van der Waals surface area contributed by atoms with Gasteiger partial charge in [0.25, 0.3) is 11.6 Å². The third-order valence-electron chi connectivity index (χ3n) is 5.80. The summed E-state index contributed by atoms with van der Waals surface area (Å²) in [5, 5.41) is 27.9. The Hall–Kier alpha value is -4.98. The van der Waals surface area contributed by atoms with Crippen LogP contribution in [0.2, 0.25) is 0 Å². The van der Waals surface area contributed by atoms with Gasteiger partial charge in [0.15, 0.2) is 0 Å². The molecule has 0 aliphatic rings. The van der Waals surface area contributed by atoms with Gasteiger partial charge in [-0.15, -0.1) is 0 Å². The number of benzene rings is 4. The fourth-order valence-corrected chi connectivity index (χ4v) is 4.06. The van der Waals surface area contributed by atoms with Crippen LogP contribution in [0.3, 0.4) is 0 Å². The molecule has 8 heteroatoms. The molecule has 0 atom stereocenters. The number of hydrazone groups is 1. The zero-order valence-electron chi connectivity index (χ0n) is 18.5. The van der Waals surface area contributed by atoms with Gasteiger partial charge in [-0.2, -0.15) is 5.10 Å². The molecular weight excluding hydrogens is 444 g/mol. The van der Waals surface area contributed by atoms with Crippen molar-refractivity contribution in [1.82, 2.24) is 9.99 Å². The van der Waals surface area contributed by atoms with Crippen LogP contribution in [0.5, 0.6) is 5.75 Å². The molecule has 8 nitrogen and oxygen atoms in total. The molecular formula is C27H20N4O4. The molecule has 0 saturated carbocycles. The van der Waals surface area contributed by atoms with Crippen molar-refractivity contribution >= 4 is 39.5 Å². The van der Waals surface area contributed by atoms with E-state index in [-0.39, 0.29) is 17.0 Å². The van der Waals surface area contributed by atoms with Crippen molar-refractivity contribution < 1.29 is 14.8 Å². The molecule has 5 aromatic rings. The van der Waals surface area contributed by atoms with Gasteiger partial charge >= 0.3 is 0 Å². The van der Waals surface area contributed by atoms with E-state index in [9.17, 15) is 20.0 Å². The third-order valence-corrected chi connectivity index (χ3v) is 5.80. The Balaban J connectivity index is 1.37. The lowest BCUT2D eigenvalue weighted by Crippen LogP contribution is -2.17. The number of non-ortho nitro benzene ring substituents is 1. The van der Waals surface area contributed by atoms with Gasteiger partial charge in [0.1, 0.15) is 5.75 Å². The van der Waals surface area contributed by atoms with Crippen LogP contribution in [-0.4, -0.2) is 26.7 Å². The number of phenolic OH excluding ortho intramolecular Hbond substituents is 1. The molecule has 0 aliphatic carbocycles. The van der Waals surface area contributed by atoms with E-state index in [2.05, 4.69) is 10.5 Å². The van der Waals surface area contributed by atoms with Gasteiger partial charge in [-0.3, -0.25) is 14.9 Å². The van der Waals surface area contributed by atoms with Crippen molar-refractivity contribution in [3.8, 4) is 5.75 Å². The van der Waals surface area contributed by atoms with Crippen molar-refractivity contribution in [2.75, 3.05) is 0 Å². The number of aromatic nitrogens is 1. The second-order valence-corrected chi connectivity index (χ2v) is 8.07. The largest absolute Gasteiger partial charge is 0.507 e. The summed E-state index contributed by atoms with van der Waals surface area (Å²) in [7, 11) is 0. The van der Waals surface area contributed by atoms with E-state index in [1.807, 2.05) is 59.3 Å². The molecule has 1 heterocycles. The lowest BCUT2D eigenvalue weighted by molar-refractivity contribution is -0.384. The van der Waals surface area contributed by atoms with E-state index in [1.54, 1.807) is 30.5 Å². The Bertz CT molecular complexity index is 1600. The van der Waals surface area contributed by atoms with Crippen molar-refractivity contribution in [3.63, 3.8) is 0 Å². The molecule has 1 aromatic heterocycles. The molecule has 0 unspecified atom stereocenters. The maximum Gasteiger partial charge on any atom is 0.275 e. The summed E-state index contributed by atoms with van der Waals surface area (Å²) < 4.78 is 2.02. The van der Waals surface area contributed by atoms with Crippen molar-refractivity contribution in [2.24, 2.45) is 5.10 Å². The predicted octanol–water partition coefficient (Wildman–Crippen LogP) is 5.22. The first-order valence-electron chi connectivity index (χ1n) is 10.9. The van der Waals surface area contributed by atoms with Gasteiger partial charge in [-0.1, -0.05) is 54.6 Å². The van der Waals surface area contributed by atoms with E-state index >= 15 is 0 Å². The van der Waals surface area contributed by atoms with Crippen LogP contribution in [0.4, 0.5) is 5.69 Å². The average Bonchev–Trinajstić information content (AvgIpc) is 3.21. The maximum atomic E-state index is 12.6. The number of fused-ring (bicyclic) bond motifs is 2. The lowest BCUT2D eigenvalue weighted by Gasteiger charge is -2.05. The molecule has 35 heavy (non-hydrogen) atoms. The SMILES string of the molecule is O=C(NN=Cc1cn(Cc2ccc([N+](=O)[O-])cc2)c2ccccc12)c1cc2ccccc2cc1O. The molecule has 0 aliphatic heterocycles. The monoisotopic (exact) mass is 464 g/mol. The number of nitrogens with one attached hydrogen (secondary N) is 1. The number of nitro groups is 1. The van der Waals surface area contributed by atoms with Crippen molar-refractivity contribution in [2.45, 2.75) is 6.54 Å².